The van der Waals surface area contributed by atoms with Gasteiger partial charge < -0.3 is 20.4 Å². The van der Waals surface area contributed by atoms with Crippen molar-refractivity contribution in [1.29, 1.82) is 0 Å². The first-order chi connectivity index (χ1) is 11.2. The minimum absolute atomic E-state index is 0.0684. The molecule has 0 aromatic heterocycles. The maximum Gasteiger partial charge on any atom is 0.191 e. The number of sulfone groups is 1. The Kier molecular flexibility index (Phi) is 9.01. The number of hydrogen-bond donors (Lipinski definition) is 2. The number of likely N-dealkylation sites (N-methyl/N-ethyl adjacent to an activating group) is 1. The third kappa shape index (κ3) is 9.44. The summed E-state index contributed by atoms with van der Waals surface area (Å²) in [5.74, 6) is 1.46. The summed E-state index contributed by atoms with van der Waals surface area (Å²) in [6, 6.07) is 0.0684. The Labute approximate surface area is 147 Å². The predicted octanol–water partition coefficient (Wildman–Crippen LogP) is -0.142. The molecule has 7 nitrogen and oxygen atoms in total. The number of rotatable bonds is 8. The summed E-state index contributed by atoms with van der Waals surface area (Å²) in [5, 5.41) is 6.61. The van der Waals surface area contributed by atoms with E-state index in [4.69, 9.17) is 0 Å². The van der Waals surface area contributed by atoms with Gasteiger partial charge in [-0.25, -0.2) is 8.42 Å². The van der Waals surface area contributed by atoms with E-state index < -0.39 is 9.84 Å². The first-order valence-electron chi connectivity index (χ1n) is 8.75. The lowest BCUT2D eigenvalue weighted by molar-refractivity contribution is 0.139. The molecular formula is C16H35N5O2S. The van der Waals surface area contributed by atoms with Gasteiger partial charge in [-0.2, -0.15) is 0 Å². The van der Waals surface area contributed by atoms with E-state index in [0.29, 0.717) is 12.3 Å². The molecule has 0 spiro atoms. The van der Waals surface area contributed by atoms with Crippen LogP contribution in [0.5, 0.6) is 0 Å². The quantitative estimate of drug-likeness (QED) is 0.463. The Hall–Kier alpha value is -0.860. The lowest BCUT2D eigenvalue weighted by atomic mass is 10.1. The molecule has 1 rings (SSSR count). The number of guanidine groups is 1. The van der Waals surface area contributed by atoms with Gasteiger partial charge in [0.05, 0.1) is 5.75 Å². The van der Waals surface area contributed by atoms with Crippen molar-refractivity contribution < 1.29 is 8.42 Å². The number of nitrogens with one attached hydrogen (secondary N) is 2. The summed E-state index contributed by atoms with van der Waals surface area (Å²) >= 11 is 0. The van der Waals surface area contributed by atoms with Crippen molar-refractivity contribution in [2.24, 2.45) is 10.9 Å². The Morgan fingerprint density at radius 2 is 1.83 bits per heavy atom. The molecule has 0 radical (unpaired) electrons. The molecule has 2 N–H and O–H groups in total. The van der Waals surface area contributed by atoms with E-state index in [2.05, 4.69) is 39.4 Å². The van der Waals surface area contributed by atoms with Gasteiger partial charge in [0, 0.05) is 58.6 Å². The van der Waals surface area contributed by atoms with E-state index in [-0.39, 0.29) is 11.8 Å². The average molecular weight is 362 g/mol. The second kappa shape index (κ2) is 10.2. The smallest absolute Gasteiger partial charge is 0.191 e. The molecule has 2 atom stereocenters. The molecule has 0 amide bonds. The van der Waals surface area contributed by atoms with Crippen LogP contribution in [0.3, 0.4) is 0 Å². The highest BCUT2D eigenvalue weighted by Gasteiger charge is 2.16. The molecule has 1 fully saturated rings. The fraction of sp³-hybridized carbons (Fsp3) is 0.938. The largest absolute Gasteiger partial charge is 0.356 e. The van der Waals surface area contributed by atoms with Gasteiger partial charge in [-0.05, 0) is 26.3 Å². The van der Waals surface area contributed by atoms with Gasteiger partial charge in [-0.1, -0.05) is 6.92 Å². The first kappa shape index (κ1) is 21.2. The second-order valence-electron chi connectivity index (χ2n) is 7.13. The van der Waals surface area contributed by atoms with Crippen LogP contribution >= 0.6 is 0 Å². The van der Waals surface area contributed by atoms with Crippen molar-refractivity contribution >= 4 is 15.8 Å². The Bertz CT molecular complexity index is 487. The Morgan fingerprint density at radius 3 is 2.38 bits per heavy atom. The van der Waals surface area contributed by atoms with E-state index in [1.165, 1.54) is 6.26 Å². The van der Waals surface area contributed by atoms with Crippen molar-refractivity contribution in [1.82, 2.24) is 20.4 Å². The molecule has 0 aliphatic carbocycles. The minimum atomic E-state index is -2.92. The van der Waals surface area contributed by atoms with E-state index in [1.54, 1.807) is 7.05 Å². The fourth-order valence-corrected chi connectivity index (χ4v) is 3.48. The number of hydrogen-bond acceptors (Lipinski definition) is 5. The molecule has 1 saturated heterocycles. The fourth-order valence-electron chi connectivity index (χ4n) is 2.70. The standard InChI is InChI=1S/C16H35N5O2S/c1-14(13-21-9-7-20(4)8-10-21)12-18-16(17-3)19-15(2)6-11-24(5,22)23/h14-15H,6-13H2,1-5H3,(H2,17,18,19). The molecule has 142 valence electrons. The van der Waals surface area contributed by atoms with Gasteiger partial charge >= 0.3 is 0 Å². The van der Waals surface area contributed by atoms with Crippen molar-refractivity contribution in [3.63, 3.8) is 0 Å². The van der Waals surface area contributed by atoms with E-state index in [9.17, 15) is 8.42 Å². The summed E-state index contributed by atoms with van der Waals surface area (Å²) < 4.78 is 22.5. The molecule has 0 aromatic carbocycles. The van der Waals surface area contributed by atoms with Crippen LogP contribution in [0, 0.1) is 5.92 Å². The number of piperazine rings is 1. The Morgan fingerprint density at radius 1 is 1.21 bits per heavy atom. The molecule has 1 aliphatic heterocycles. The van der Waals surface area contributed by atoms with Crippen LogP contribution in [0.15, 0.2) is 4.99 Å². The van der Waals surface area contributed by atoms with Crippen LogP contribution in [0.4, 0.5) is 0 Å². The maximum atomic E-state index is 11.2. The summed E-state index contributed by atoms with van der Waals surface area (Å²) in [6.45, 7) is 10.7. The van der Waals surface area contributed by atoms with Gasteiger partial charge in [0.15, 0.2) is 5.96 Å². The highest BCUT2D eigenvalue weighted by atomic mass is 32.2. The average Bonchev–Trinajstić information content (AvgIpc) is 2.51. The van der Waals surface area contributed by atoms with Crippen LogP contribution < -0.4 is 10.6 Å². The first-order valence-corrected chi connectivity index (χ1v) is 10.8. The van der Waals surface area contributed by atoms with Gasteiger partial charge in [0.1, 0.15) is 9.84 Å². The zero-order valence-corrected chi connectivity index (χ0v) is 16.7. The van der Waals surface area contributed by atoms with Crippen molar-refractivity contribution in [2.75, 3.05) is 65.4 Å². The molecule has 1 heterocycles. The molecule has 8 heteroatoms. The van der Waals surface area contributed by atoms with Crippen LogP contribution in [0.1, 0.15) is 20.3 Å². The zero-order chi connectivity index (χ0) is 18.2. The van der Waals surface area contributed by atoms with Gasteiger partial charge in [0.25, 0.3) is 0 Å². The Balaban J connectivity index is 2.27. The maximum absolute atomic E-state index is 11.2. The zero-order valence-electron chi connectivity index (χ0n) is 15.9. The van der Waals surface area contributed by atoms with Gasteiger partial charge in [0.2, 0.25) is 0 Å². The summed E-state index contributed by atoms with van der Waals surface area (Å²) in [4.78, 5) is 9.10. The monoisotopic (exact) mass is 361 g/mol. The topological polar surface area (TPSA) is 77.0 Å². The molecule has 24 heavy (non-hydrogen) atoms. The van der Waals surface area contributed by atoms with E-state index in [0.717, 1.165) is 45.2 Å². The number of nitrogens with zero attached hydrogens (tertiary/aromatic N) is 3. The van der Waals surface area contributed by atoms with Crippen LogP contribution in [0.2, 0.25) is 0 Å². The lowest BCUT2D eigenvalue weighted by Crippen LogP contribution is -2.48. The molecule has 2 unspecified atom stereocenters. The molecule has 0 saturated carbocycles. The summed E-state index contributed by atoms with van der Waals surface area (Å²) in [7, 11) is 0.992. The van der Waals surface area contributed by atoms with E-state index >= 15 is 0 Å². The summed E-state index contributed by atoms with van der Waals surface area (Å²) in [5.41, 5.74) is 0. The third-order valence-corrected chi connectivity index (χ3v) is 5.29. The molecular weight excluding hydrogens is 326 g/mol. The minimum Gasteiger partial charge on any atom is -0.356 e. The summed E-state index contributed by atoms with van der Waals surface area (Å²) in [6.07, 6.45) is 1.85. The van der Waals surface area contributed by atoms with Crippen LogP contribution in [-0.2, 0) is 9.84 Å². The molecule has 0 aromatic rings. The van der Waals surface area contributed by atoms with Crippen LogP contribution in [-0.4, -0.2) is 95.6 Å². The van der Waals surface area contributed by atoms with Crippen molar-refractivity contribution in [2.45, 2.75) is 26.3 Å². The number of aliphatic imine (C=N–C) groups is 1. The van der Waals surface area contributed by atoms with Gasteiger partial charge in [-0.15, -0.1) is 0 Å². The predicted molar refractivity (Wildman–Crippen MR) is 101 cm³/mol. The van der Waals surface area contributed by atoms with Crippen molar-refractivity contribution in [3.05, 3.63) is 0 Å². The van der Waals surface area contributed by atoms with E-state index in [1.807, 2.05) is 6.92 Å². The SMILES string of the molecule is CN=C(NCC(C)CN1CCN(C)CC1)NC(C)CCS(C)(=O)=O. The third-order valence-electron chi connectivity index (χ3n) is 4.31. The lowest BCUT2D eigenvalue weighted by Gasteiger charge is -2.34. The molecule has 0 bridgehead atoms. The normalized spacial score (nSPS) is 20.6. The van der Waals surface area contributed by atoms with Gasteiger partial charge in [-0.3, -0.25) is 4.99 Å². The molecule has 1 aliphatic rings. The highest BCUT2D eigenvalue weighted by molar-refractivity contribution is 7.90. The van der Waals surface area contributed by atoms with Crippen LogP contribution in [0.25, 0.3) is 0 Å². The highest BCUT2D eigenvalue weighted by Crippen LogP contribution is 2.04. The second-order valence-corrected chi connectivity index (χ2v) is 9.39. The van der Waals surface area contributed by atoms with Crippen molar-refractivity contribution in [3.8, 4) is 0 Å².